The largest absolute Gasteiger partial charge is 0.510 e. The van der Waals surface area contributed by atoms with Gasteiger partial charge in [-0.25, -0.2) is 0 Å². The first-order valence-corrected chi connectivity index (χ1v) is 9.66. The molecule has 1 aliphatic rings. The zero-order valence-electron chi connectivity index (χ0n) is 15.6. The van der Waals surface area contributed by atoms with Gasteiger partial charge in [0.25, 0.3) is 0 Å². The molecule has 1 atom stereocenters. The molecule has 0 saturated heterocycles. The van der Waals surface area contributed by atoms with Gasteiger partial charge in [0.1, 0.15) is 5.76 Å². The van der Waals surface area contributed by atoms with Crippen molar-refractivity contribution in [2.45, 2.75) is 58.4 Å². The zero-order chi connectivity index (χ0) is 18.9. The standard InChI is InChI=1S/C19H24N4O2S/c1-5-23-16(19(2,3)4)11-17(22-23)20-21-18-13(24)9-12(10-14(18)25)15-7-6-8-26-15/h6-8,11-12,24H,5,9-10H2,1-4H3. The number of carbonyl (C=O) groups excluding carboxylic acids is 1. The Morgan fingerprint density at radius 1 is 1.35 bits per heavy atom. The van der Waals surface area contributed by atoms with Gasteiger partial charge in [0.05, 0.1) is 0 Å². The molecule has 2 heterocycles. The average Bonchev–Trinajstić information content (AvgIpc) is 3.23. The van der Waals surface area contributed by atoms with Crippen LogP contribution >= 0.6 is 11.3 Å². The molecule has 1 unspecified atom stereocenters. The second kappa shape index (κ2) is 7.15. The van der Waals surface area contributed by atoms with Crippen LogP contribution in [0, 0.1) is 0 Å². The van der Waals surface area contributed by atoms with E-state index < -0.39 is 0 Å². The minimum absolute atomic E-state index is 0.00868. The topological polar surface area (TPSA) is 79.8 Å². The van der Waals surface area contributed by atoms with Crippen LogP contribution in [-0.2, 0) is 16.8 Å². The van der Waals surface area contributed by atoms with Crippen molar-refractivity contribution in [3.05, 3.63) is 45.6 Å². The third kappa shape index (κ3) is 3.77. The van der Waals surface area contributed by atoms with Gasteiger partial charge in [-0.1, -0.05) is 26.8 Å². The Bertz CT molecular complexity index is 857. The maximum Gasteiger partial charge on any atom is 0.196 e. The number of azo groups is 1. The van der Waals surface area contributed by atoms with Gasteiger partial charge in [0.2, 0.25) is 0 Å². The highest BCUT2D eigenvalue weighted by Crippen LogP contribution is 2.36. The Kier molecular flexibility index (Phi) is 5.09. The molecule has 1 aliphatic carbocycles. The predicted molar refractivity (Wildman–Crippen MR) is 102 cm³/mol. The number of aryl methyl sites for hydroxylation is 1. The lowest BCUT2D eigenvalue weighted by atomic mass is 9.89. The highest BCUT2D eigenvalue weighted by Gasteiger charge is 2.29. The molecule has 0 radical (unpaired) electrons. The molecule has 0 aliphatic heterocycles. The Labute approximate surface area is 157 Å². The SMILES string of the molecule is CCn1nc(N=NC2=C(O)CC(c3cccs3)CC2=O)cc1C(C)(C)C. The number of thiophene rings is 1. The Morgan fingerprint density at radius 2 is 2.12 bits per heavy atom. The van der Waals surface area contributed by atoms with E-state index in [9.17, 15) is 9.90 Å². The number of aliphatic hydroxyl groups is 1. The van der Waals surface area contributed by atoms with E-state index in [1.54, 1.807) is 11.3 Å². The predicted octanol–water partition coefficient (Wildman–Crippen LogP) is 5.26. The summed E-state index contributed by atoms with van der Waals surface area (Å²) in [5.41, 5.74) is 1.05. The van der Waals surface area contributed by atoms with E-state index in [0.29, 0.717) is 18.7 Å². The first-order chi connectivity index (χ1) is 12.3. The summed E-state index contributed by atoms with van der Waals surface area (Å²) in [6.45, 7) is 9.09. The van der Waals surface area contributed by atoms with Gasteiger partial charge in [-0.3, -0.25) is 9.48 Å². The molecule has 26 heavy (non-hydrogen) atoms. The lowest BCUT2D eigenvalue weighted by molar-refractivity contribution is -0.116. The summed E-state index contributed by atoms with van der Waals surface area (Å²) in [6, 6.07) is 5.83. The quantitative estimate of drug-likeness (QED) is 0.743. The number of carbonyl (C=O) groups is 1. The van der Waals surface area contributed by atoms with Gasteiger partial charge in [0, 0.05) is 47.4 Å². The Morgan fingerprint density at radius 3 is 2.65 bits per heavy atom. The summed E-state index contributed by atoms with van der Waals surface area (Å²) in [6.07, 6.45) is 0.757. The van der Waals surface area contributed by atoms with Crippen molar-refractivity contribution >= 4 is 22.9 Å². The van der Waals surface area contributed by atoms with E-state index in [1.807, 2.05) is 35.2 Å². The smallest absolute Gasteiger partial charge is 0.196 e. The van der Waals surface area contributed by atoms with E-state index in [-0.39, 0.29) is 28.6 Å². The molecule has 0 fully saturated rings. The van der Waals surface area contributed by atoms with Gasteiger partial charge in [-0.15, -0.1) is 21.6 Å². The number of allylic oxidation sites excluding steroid dienone is 2. The highest BCUT2D eigenvalue weighted by atomic mass is 32.1. The maximum absolute atomic E-state index is 12.4. The molecule has 0 saturated carbocycles. The third-order valence-electron chi connectivity index (χ3n) is 4.44. The molecule has 2 aromatic heterocycles. The Hall–Kier alpha value is -2.28. The highest BCUT2D eigenvalue weighted by molar-refractivity contribution is 7.10. The number of aromatic nitrogens is 2. The van der Waals surface area contributed by atoms with Crippen LogP contribution in [-0.4, -0.2) is 20.7 Å². The van der Waals surface area contributed by atoms with Crippen LogP contribution in [0.4, 0.5) is 5.82 Å². The van der Waals surface area contributed by atoms with Crippen molar-refractivity contribution in [3.8, 4) is 0 Å². The first-order valence-electron chi connectivity index (χ1n) is 8.78. The molecule has 1 N–H and O–H groups in total. The second-order valence-corrected chi connectivity index (χ2v) is 8.47. The number of hydrogen-bond acceptors (Lipinski definition) is 6. The van der Waals surface area contributed by atoms with Crippen LogP contribution in [0.5, 0.6) is 0 Å². The summed E-state index contributed by atoms with van der Waals surface area (Å²) in [5.74, 6) is 0.301. The molecule has 0 spiro atoms. The fraction of sp³-hybridized carbons (Fsp3) is 0.474. The van der Waals surface area contributed by atoms with E-state index in [0.717, 1.165) is 17.1 Å². The van der Waals surface area contributed by atoms with Crippen LogP contribution in [0.2, 0.25) is 0 Å². The number of nitrogens with zero attached hydrogens (tertiary/aromatic N) is 4. The van der Waals surface area contributed by atoms with Crippen LogP contribution in [0.15, 0.2) is 45.3 Å². The van der Waals surface area contributed by atoms with Crippen molar-refractivity contribution < 1.29 is 9.90 Å². The molecule has 0 bridgehead atoms. The Balaban J connectivity index is 1.83. The van der Waals surface area contributed by atoms with Crippen molar-refractivity contribution in [3.63, 3.8) is 0 Å². The minimum Gasteiger partial charge on any atom is -0.510 e. The van der Waals surface area contributed by atoms with Gasteiger partial charge in [-0.2, -0.15) is 5.10 Å². The lowest BCUT2D eigenvalue weighted by Gasteiger charge is -2.19. The number of hydrogen-bond donors (Lipinski definition) is 1. The van der Waals surface area contributed by atoms with Crippen LogP contribution < -0.4 is 0 Å². The molecule has 2 aromatic rings. The van der Waals surface area contributed by atoms with Gasteiger partial charge >= 0.3 is 0 Å². The molecule has 3 rings (SSSR count). The lowest BCUT2D eigenvalue weighted by Crippen LogP contribution is -2.17. The molecule has 0 amide bonds. The number of ketones is 1. The van der Waals surface area contributed by atoms with Crippen LogP contribution in [0.1, 0.15) is 57.0 Å². The summed E-state index contributed by atoms with van der Waals surface area (Å²) < 4.78 is 1.89. The van der Waals surface area contributed by atoms with Gasteiger partial charge < -0.3 is 5.11 Å². The zero-order valence-corrected chi connectivity index (χ0v) is 16.4. The fourth-order valence-electron chi connectivity index (χ4n) is 3.12. The summed E-state index contributed by atoms with van der Waals surface area (Å²) >= 11 is 1.60. The molecule has 6 nitrogen and oxygen atoms in total. The van der Waals surface area contributed by atoms with Crippen molar-refractivity contribution in [2.75, 3.05) is 0 Å². The minimum atomic E-state index is -0.179. The van der Waals surface area contributed by atoms with E-state index in [1.165, 1.54) is 0 Å². The molecule has 138 valence electrons. The normalized spacial score (nSPS) is 18.9. The van der Waals surface area contributed by atoms with E-state index in [4.69, 9.17) is 0 Å². The number of aliphatic hydroxyl groups excluding tert-OH is 1. The van der Waals surface area contributed by atoms with E-state index in [2.05, 4.69) is 36.1 Å². The van der Waals surface area contributed by atoms with Crippen LogP contribution in [0.25, 0.3) is 0 Å². The second-order valence-electron chi connectivity index (χ2n) is 7.49. The first kappa shape index (κ1) is 18.5. The molecular weight excluding hydrogens is 348 g/mol. The fourth-order valence-corrected chi connectivity index (χ4v) is 3.95. The van der Waals surface area contributed by atoms with Gasteiger partial charge in [-0.05, 0) is 18.4 Å². The average molecular weight is 372 g/mol. The van der Waals surface area contributed by atoms with Crippen molar-refractivity contribution in [1.29, 1.82) is 0 Å². The van der Waals surface area contributed by atoms with Gasteiger partial charge in [0.15, 0.2) is 17.3 Å². The maximum atomic E-state index is 12.4. The summed E-state index contributed by atoms with van der Waals surface area (Å²) in [5, 5.41) is 24.9. The summed E-state index contributed by atoms with van der Waals surface area (Å²) in [4.78, 5) is 13.5. The van der Waals surface area contributed by atoms with Crippen LogP contribution in [0.3, 0.4) is 0 Å². The summed E-state index contributed by atoms with van der Waals surface area (Å²) in [7, 11) is 0. The monoisotopic (exact) mass is 372 g/mol. The van der Waals surface area contributed by atoms with Crippen molar-refractivity contribution in [2.24, 2.45) is 10.2 Å². The number of rotatable bonds is 4. The number of Topliss-reactive ketones (excluding diaryl/α,β-unsaturated/α-hetero) is 1. The van der Waals surface area contributed by atoms with E-state index >= 15 is 0 Å². The van der Waals surface area contributed by atoms with Crippen molar-refractivity contribution in [1.82, 2.24) is 9.78 Å². The third-order valence-corrected chi connectivity index (χ3v) is 5.48. The molecule has 0 aromatic carbocycles. The molecular formula is C19H24N4O2S. The molecule has 7 heteroatoms.